The molecule has 0 aliphatic carbocycles. The molecule has 2 aromatic heterocycles. The fraction of sp³-hybridized carbons (Fsp3) is 0.286. The molecule has 3 aromatic rings. The Morgan fingerprint density at radius 2 is 1.81 bits per heavy atom. The quantitative estimate of drug-likeness (QED) is 0.697. The van der Waals surface area contributed by atoms with Crippen molar-refractivity contribution in [1.82, 2.24) is 15.0 Å². The Bertz CT molecular complexity index is 848. The van der Waals surface area contributed by atoms with Crippen molar-refractivity contribution in [2.45, 2.75) is 20.8 Å². The minimum absolute atomic E-state index is 0.723. The van der Waals surface area contributed by atoms with Gasteiger partial charge >= 0.3 is 0 Å². The first-order valence-corrected chi connectivity index (χ1v) is 8.97. The second kappa shape index (κ2) is 8.43. The largest absolute Gasteiger partial charge is 0.370 e. The van der Waals surface area contributed by atoms with E-state index in [-0.39, 0.29) is 0 Å². The fourth-order valence-electron chi connectivity index (χ4n) is 2.90. The molecular weight excluding hydrogens is 322 g/mol. The molecule has 0 saturated carbocycles. The molecule has 0 spiro atoms. The third kappa shape index (κ3) is 4.57. The van der Waals surface area contributed by atoms with Crippen LogP contribution < -0.4 is 10.2 Å². The van der Waals surface area contributed by atoms with Gasteiger partial charge in [0.15, 0.2) is 5.82 Å². The van der Waals surface area contributed by atoms with E-state index in [4.69, 9.17) is 0 Å². The monoisotopic (exact) mass is 347 g/mol. The van der Waals surface area contributed by atoms with Gasteiger partial charge in [-0.25, -0.2) is 9.97 Å². The summed E-state index contributed by atoms with van der Waals surface area (Å²) in [5.74, 6) is 1.57. The highest BCUT2D eigenvalue weighted by Crippen LogP contribution is 2.18. The standard InChI is InChI=1S/C21H25N5/c1-4-26(19-7-5-6-16(2)14-19)13-12-23-20-15-17(3)24-21(25-20)18-8-10-22-11-9-18/h5-11,14-15H,4,12-13H2,1-3H3,(H,23,24,25). The number of nitrogens with zero attached hydrogens (tertiary/aromatic N) is 4. The molecule has 2 heterocycles. The maximum Gasteiger partial charge on any atom is 0.161 e. The highest BCUT2D eigenvalue weighted by molar-refractivity contribution is 5.56. The van der Waals surface area contributed by atoms with E-state index in [2.05, 4.69) is 63.3 Å². The third-order valence-electron chi connectivity index (χ3n) is 4.23. The summed E-state index contributed by atoms with van der Waals surface area (Å²) in [6, 6.07) is 14.4. The van der Waals surface area contributed by atoms with Gasteiger partial charge in [-0.05, 0) is 50.6 Å². The summed E-state index contributed by atoms with van der Waals surface area (Å²) in [6.45, 7) is 8.99. The van der Waals surface area contributed by atoms with E-state index in [1.165, 1.54) is 11.3 Å². The number of benzene rings is 1. The Kier molecular flexibility index (Phi) is 5.79. The van der Waals surface area contributed by atoms with Gasteiger partial charge in [0.05, 0.1) is 0 Å². The SMILES string of the molecule is CCN(CCNc1cc(C)nc(-c2ccncc2)n1)c1cccc(C)c1. The Morgan fingerprint density at radius 3 is 2.54 bits per heavy atom. The molecule has 0 radical (unpaired) electrons. The Balaban J connectivity index is 1.67. The normalized spacial score (nSPS) is 10.6. The molecular formula is C21H25N5. The Hall–Kier alpha value is -2.95. The summed E-state index contributed by atoms with van der Waals surface area (Å²) >= 11 is 0. The van der Waals surface area contributed by atoms with Gasteiger partial charge in [-0.3, -0.25) is 4.98 Å². The first-order chi connectivity index (χ1) is 12.7. The van der Waals surface area contributed by atoms with E-state index in [0.717, 1.165) is 42.5 Å². The molecule has 0 fully saturated rings. The van der Waals surface area contributed by atoms with Crippen LogP contribution in [0.4, 0.5) is 11.5 Å². The number of likely N-dealkylation sites (N-methyl/N-ethyl adjacent to an activating group) is 1. The van der Waals surface area contributed by atoms with Crippen LogP contribution >= 0.6 is 0 Å². The molecule has 0 bridgehead atoms. The van der Waals surface area contributed by atoms with Gasteiger partial charge in [0.1, 0.15) is 5.82 Å². The van der Waals surface area contributed by atoms with Crippen LogP contribution in [0.1, 0.15) is 18.2 Å². The molecule has 0 aliphatic rings. The lowest BCUT2D eigenvalue weighted by Crippen LogP contribution is -2.29. The van der Waals surface area contributed by atoms with Crippen LogP contribution in [-0.4, -0.2) is 34.6 Å². The highest BCUT2D eigenvalue weighted by atomic mass is 15.1. The summed E-state index contributed by atoms with van der Waals surface area (Å²) < 4.78 is 0. The van der Waals surface area contributed by atoms with Crippen LogP contribution in [0.2, 0.25) is 0 Å². The Labute approximate surface area is 155 Å². The molecule has 0 amide bonds. The minimum Gasteiger partial charge on any atom is -0.370 e. The molecule has 134 valence electrons. The molecule has 26 heavy (non-hydrogen) atoms. The van der Waals surface area contributed by atoms with Crippen LogP contribution in [0.15, 0.2) is 54.9 Å². The van der Waals surface area contributed by atoms with E-state index in [9.17, 15) is 0 Å². The van der Waals surface area contributed by atoms with Crippen LogP contribution in [0.25, 0.3) is 11.4 Å². The molecule has 1 N–H and O–H groups in total. The summed E-state index contributed by atoms with van der Waals surface area (Å²) in [5.41, 5.74) is 4.45. The summed E-state index contributed by atoms with van der Waals surface area (Å²) in [5, 5.41) is 3.44. The zero-order chi connectivity index (χ0) is 18.4. The van der Waals surface area contributed by atoms with Crippen molar-refractivity contribution >= 4 is 11.5 Å². The third-order valence-corrected chi connectivity index (χ3v) is 4.23. The second-order valence-corrected chi connectivity index (χ2v) is 6.30. The predicted octanol–water partition coefficient (Wildman–Crippen LogP) is 4.09. The van der Waals surface area contributed by atoms with Gasteiger partial charge in [0.2, 0.25) is 0 Å². The van der Waals surface area contributed by atoms with Crippen LogP contribution in [0.5, 0.6) is 0 Å². The highest BCUT2D eigenvalue weighted by Gasteiger charge is 2.07. The lowest BCUT2D eigenvalue weighted by molar-refractivity contribution is 0.832. The summed E-state index contributed by atoms with van der Waals surface area (Å²) in [4.78, 5) is 15.6. The van der Waals surface area contributed by atoms with Gasteiger partial charge in [-0.2, -0.15) is 0 Å². The molecule has 0 aliphatic heterocycles. The molecule has 1 aromatic carbocycles. The number of pyridine rings is 1. The summed E-state index contributed by atoms with van der Waals surface area (Å²) in [7, 11) is 0. The first-order valence-electron chi connectivity index (χ1n) is 8.97. The van der Waals surface area contributed by atoms with Crippen molar-refractivity contribution < 1.29 is 0 Å². The molecule has 0 saturated heterocycles. The molecule has 0 unspecified atom stereocenters. The van der Waals surface area contributed by atoms with E-state index in [1.807, 2.05) is 25.1 Å². The van der Waals surface area contributed by atoms with Crippen molar-refractivity contribution in [3.8, 4) is 11.4 Å². The number of anilines is 2. The topological polar surface area (TPSA) is 53.9 Å². The fourth-order valence-corrected chi connectivity index (χ4v) is 2.90. The number of aromatic nitrogens is 3. The van der Waals surface area contributed by atoms with Crippen molar-refractivity contribution in [2.75, 3.05) is 29.9 Å². The van der Waals surface area contributed by atoms with Gasteiger partial charge in [-0.1, -0.05) is 12.1 Å². The number of hydrogen-bond acceptors (Lipinski definition) is 5. The number of rotatable bonds is 7. The molecule has 0 atom stereocenters. The van der Waals surface area contributed by atoms with E-state index in [0.29, 0.717) is 0 Å². The summed E-state index contributed by atoms with van der Waals surface area (Å²) in [6.07, 6.45) is 3.52. The number of nitrogens with one attached hydrogen (secondary N) is 1. The maximum absolute atomic E-state index is 4.64. The van der Waals surface area contributed by atoms with Crippen LogP contribution in [0.3, 0.4) is 0 Å². The average molecular weight is 347 g/mol. The van der Waals surface area contributed by atoms with E-state index in [1.54, 1.807) is 12.4 Å². The molecule has 5 heteroatoms. The lowest BCUT2D eigenvalue weighted by Gasteiger charge is -2.23. The number of aryl methyl sites for hydroxylation is 2. The first kappa shape index (κ1) is 17.9. The van der Waals surface area contributed by atoms with Gasteiger partial charge in [0, 0.05) is 55.0 Å². The number of hydrogen-bond donors (Lipinski definition) is 1. The predicted molar refractivity (Wildman–Crippen MR) is 108 cm³/mol. The van der Waals surface area contributed by atoms with Gasteiger partial charge < -0.3 is 10.2 Å². The smallest absolute Gasteiger partial charge is 0.161 e. The van der Waals surface area contributed by atoms with Crippen LogP contribution in [0, 0.1) is 13.8 Å². The van der Waals surface area contributed by atoms with E-state index >= 15 is 0 Å². The average Bonchev–Trinajstić information content (AvgIpc) is 2.65. The van der Waals surface area contributed by atoms with Crippen molar-refractivity contribution in [1.29, 1.82) is 0 Å². The zero-order valence-electron chi connectivity index (χ0n) is 15.6. The Morgan fingerprint density at radius 1 is 1.00 bits per heavy atom. The maximum atomic E-state index is 4.64. The minimum atomic E-state index is 0.723. The lowest BCUT2D eigenvalue weighted by atomic mass is 10.2. The van der Waals surface area contributed by atoms with Crippen molar-refractivity contribution in [3.05, 3.63) is 66.1 Å². The van der Waals surface area contributed by atoms with Crippen molar-refractivity contribution in [2.24, 2.45) is 0 Å². The molecule has 3 rings (SSSR count). The zero-order valence-corrected chi connectivity index (χ0v) is 15.6. The van der Waals surface area contributed by atoms with Gasteiger partial charge in [0.25, 0.3) is 0 Å². The second-order valence-electron chi connectivity index (χ2n) is 6.30. The van der Waals surface area contributed by atoms with Crippen molar-refractivity contribution in [3.63, 3.8) is 0 Å². The van der Waals surface area contributed by atoms with Crippen LogP contribution in [-0.2, 0) is 0 Å². The van der Waals surface area contributed by atoms with E-state index < -0.39 is 0 Å². The van der Waals surface area contributed by atoms with Gasteiger partial charge in [-0.15, -0.1) is 0 Å². The molecule has 5 nitrogen and oxygen atoms in total.